The average Bonchev–Trinajstić information content (AvgIpc) is 4.02. The van der Waals surface area contributed by atoms with E-state index in [0.29, 0.717) is 0 Å². The number of nitrogens with zero attached hydrogens (tertiary/aromatic N) is 2. The number of aromatic nitrogens is 1. The summed E-state index contributed by atoms with van der Waals surface area (Å²) in [5.74, 6) is 1.56. The fourth-order valence-corrected chi connectivity index (χ4v) is 11.7. The second-order valence-corrected chi connectivity index (χ2v) is 16.9. The minimum Gasteiger partial charge on any atom is -0.310 e. The van der Waals surface area contributed by atoms with Crippen molar-refractivity contribution in [2.24, 2.45) is 11.8 Å². The lowest BCUT2D eigenvalue weighted by atomic mass is 9.67. The Morgan fingerprint density at radius 2 is 1.04 bits per heavy atom. The van der Waals surface area contributed by atoms with Gasteiger partial charge >= 0.3 is 0 Å². The Labute approximate surface area is 317 Å². The first kappa shape index (κ1) is 30.6. The van der Waals surface area contributed by atoms with Crippen LogP contribution in [0.15, 0.2) is 158 Å². The van der Waals surface area contributed by atoms with E-state index >= 15 is 0 Å². The summed E-state index contributed by atoms with van der Waals surface area (Å²) in [6.45, 7) is 4.77. The summed E-state index contributed by atoms with van der Waals surface area (Å²) in [5.41, 5.74) is 18.8. The van der Waals surface area contributed by atoms with Gasteiger partial charge in [-0.15, -0.1) is 0 Å². The molecular formula is C52H42N2. The van der Waals surface area contributed by atoms with Crippen LogP contribution in [0.5, 0.6) is 0 Å². The molecule has 8 aromatic rings. The van der Waals surface area contributed by atoms with Crippen LogP contribution in [0, 0.1) is 11.8 Å². The van der Waals surface area contributed by atoms with Crippen LogP contribution in [-0.4, -0.2) is 4.57 Å². The Balaban J connectivity index is 1.05. The molecular weight excluding hydrogens is 653 g/mol. The normalized spacial score (nSPS) is 21.1. The monoisotopic (exact) mass is 694 g/mol. The average molecular weight is 695 g/mol. The van der Waals surface area contributed by atoms with E-state index in [4.69, 9.17) is 0 Å². The van der Waals surface area contributed by atoms with Crippen LogP contribution in [0.4, 0.5) is 17.1 Å². The van der Waals surface area contributed by atoms with Crippen molar-refractivity contribution in [1.29, 1.82) is 0 Å². The topological polar surface area (TPSA) is 8.17 Å². The third kappa shape index (κ3) is 3.96. The summed E-state index contributed by atoms with van der Waals surface area (Å²) in [6.07, 6.45) is 5.38. The Morgan fingerprint density at radius 3 is 1.69 bits per heavy atom. The zero-order valence-corrected chi connectivity index (χ0v) is 30.9. The van der Waals surface area contributed by atoms with Gasteiger partial charge in [-0.2, -0.15) is 0 Å². The lowest BCUT2D eigenvalue weighted by Crippen LogP contribution is -2.32. The van der Waals surface area contributed by atoms with E-state index in [-0.39, 0.29) is 10.8 Å². The van der Waals surface area contributed by atoms with Crippen LogP contribution in [-0.2, 0) is 10.8 Å². The summed E-state index contributed by atoms with van der Waals surface area (Å²) in [4.78, 5) is 2.53. The standard InChI is InChI=1S/C52H42N2/c1-51(2)45-15-7-3-11-39(45)41-27-25-37(30-47(41)51)53(35-21-23-36(24-22-35)54-49-17-9-5-13-43(49)44-14-6-10-18-50(44)54)38-26-28-42-40-12-4-8-16-46(40)52(48(42)31-38)32-33-19-20-34(52)29-33/h3-18,21-28,30-31,33-34H,19-20,29,32H2,1-2H3. The summed E-state index contributed by atoms with van der Waals surface area (Å²) in [6, 6.07) is 59.8. The molecule has 0 N–H and O–H groups in total. The van der Waals surface area contributed by atoms with E-state index in [0.717, 1.165) is 11.8 Å². The van der Waals surface area contributed by atoms with Crippen molar-refractivity contribution in [2.45, 2.75) is 50.4 Å². The third-order valence-electron chi connectivity index (χ3n) is 14.1. The van der Waals surface area contributed by atoms with Crippen molar-refractivity contribution in [3.05, 3.63) is 180 Å². The zero-order chi connectivity index (χ0) is 35.8. The minimum atomic E-state index is -0.0826. The molecule has 2 nitrogen and oxygen atoms in total. The van der Waals surface area contributed by atoms with E-state index in [9.17, 15) is 0 Å². The van der Waals surface area contributed by atoms with Gasteiger partial charge in [0.15, 0.2) is 0 Å². The van der Waals surface area contributed by atoms with Crippen molar-refractivity contribution >= 4 is 38.9 Å². The molecule has 260 valence electrons. The molecule has 1 aromatic heterocycles. The number of benzene rings is 7. The first-order valence-corrected chi connectivity index (χ1v) is 19.9. The lowest BCUT2D eigenvalue weighted by Gasteiger charge is -2.37. The van der Waals surface area contributed by atoms with Crippen LogP contribution in [0.2, 0.25) is 0 Å². The van der Waals surface area contributed by atoms with Crippen LogP contribution in [0.1, 0.15) is 61.8 Å². The fraction of sp³-hybridized carbons (Fsp3) is 0.192. The van der Waals surface area contributed by atoms with Crippen LogP contribution in [0.25, 0.3) is 49.7 Å². The smallest absolute Gasteiger partial charge is 0.0541 e. The molecule has 2 bridgehead atoms. The van der Waals surface area contributed by atoms with Crippen LogP contribution >= 0.6 is 0 Å². The molecule has 7 aromatic carbocycles. The number of rotatable bonds is 4. The Hall–Kier alpha value is -5.86. The summed E-state index contributed by atoms with van der Waals surface area (Å²) < 4.78 is 2.42. The molecule has 1 spiro atoms. The van der Waals surface area contributed by atoms with Gasteiger partial charge in [0.25, 0.3) is 0 Å². The number of fused-ring (bicyclic) bond motifs is 14. The van der Waals surface area contributed by atoms with Crippen LogP contribution < -0.4 is 4.90 Å². The van der Waals surface area contributed by atoms with E-state index in [2.05, 4.69) is 181 Å². The first-order valence-electron chi connectivity index (χ1n) is 19.9. The number of para-hydroxylation sites is 2. The van der Waals surface area contributed by atoms with Crippen molar-refractivity contribution in [3.8, 4) is 27.9 Å². The van der Waals surface area contributed by atoms with Gasteiger partial charge in [0.05, 0.1) is 11.0 Å². The largest absolute Gasteiger partial charge is 0.310 e. The van der Waals surface area contributed by atoms with Gasteiger partial charge in [-0.05, 0) is 136 Å². The zero-order valence-electron chi connectivity index (χ0n) is 30.9. The molecule has 0 saturated heterocycles. The van der Waals surface area contributed by atoms with Gasteiger partial charge in [-0.3, -0.25) is 0 Å². The number of hydrogen-bond donors (Lipinski definition) is 0. The molecule has 4 aliphatic rings. The maximum Gasteiger partial charge on any atom is 0.0541 e. The maximum atomic E-state index is 2.59. The third-order valence-corrected chi connectivity index (χ3v) is 14.1. The van der Waals surface area contributed by atoms with Gasteiger partial charge in [0.1, 0.15) is 0 Å². The molecule has 2 fully saturated rings. The van der Waals surface area contributed by atoms with Crippen molar-refractivity contribution in [1.82, 2.24) is 4.57 Å². The number of hydrogen-bond acceptors (Lipinski definition) is 1. The summed E-state index contributed by atoms with van der Waals surface area (Å²) >= 11 is 0. The number of anilines is 3. The molecule has 1 heterocycles. The highest BCUT2D eigenvalue weighted by atomic mass is 15.1. The van der Waals surface area contributed by atoms with Gasteiger partial charge in [0, 0.05) is 44.4 Å². The predicted octanol–water partition coefficient (Wildman–Crippen LogP) is 13.6. The minimum absolute atomic E-state index is 0.0826. The Bertz CT molecular complexity index is 2780. The predicted molar refractivity (Wildman–Crippen MR) is 225 cm³/mol. The highest BCUT2D eigenvalue weighted by Crippen LogP contribution is 2.66. The van der Waals surface area contributed by atoms with E-state index in [1.165, 1.54) is 104 Å². The second-order valence-electron chi connectivity index (χ2n) is 16.9. The van der Waals surface area contributed by atoms with Gasteiger partial charge in [-0.25, -0.2) is 0 Å². The molecule has 3 atom stereocenters. The second kappa shape index (κ2) is 10.9. The van der Waals surface area contributed by atoms with E-state index in [1.807, 2.05) is 0 Å². The highest BCUT2D eigenvalue weighted by molar-refractivity contribution is 6.09. The summed E-state index contributed by atoms with van der Waals surface area (Å²) in [7, 11) is 0. The molecule has 2 heteroatoms. The molecule has 3 unspecified atom stereocenters. The first-order chi connectivity index (χ1) is 26.5. The molecule has 4 aliphatic carbocycles. The van der Waals surface area contributed by atoms with Gasteiger partial charge in [-0.1, -0.05) is 117 Å². The van der Waals surface area contributed by atoms with E-state index in [1.54, 1.807) is 11.1 Å². The fourth-order valence-electron chi connectivity index (χ4n) is 11.7. The molecule has 54 heavy (non-hydrogen) atoms. The van der Waals surface area contributed by atoms with Crippen molar-refractivity contribution < 1.29 is 0 Å². The molecule has 0 radical (unpaired) electrons. The van der Waals surface area contributed by atoms with Crippen molar-refractivity contribution in [3.63, 3.8) is 0 Å². The Morgan fingerprint density at radius 1 is 0.500 bits per heavy atom. The van der Waals surface area contributed by atoms with Crippen LogP contribution in [0.3, 0.4) is 0 Å². The SMILES string of the molecule is CC1(C)c2ccccc2-c2ccc(N(c3ccc(-n4c5ccccc5c5ccccc54)cc3)c3ccc4c(c3)C3(CC5CCC3C5)c3ccccc3-4)cc21. The Kier molecular flexibility index (Phi) is 6.15. The molecule has 0 aliphatic heterocycles. The molecule has 12 rings (SSSR count). The molecule has 2 saturated carbocycles. The molecule has 0 amide bonds. The van der Waals surface area contributed by atoms with E-state index < -0.39 is 0 Å². The highest BCUT2D eigenvalue weighted by Gasteiger charge is 2.56. The van der Waals surface area contributed by atoms with Crippen molar-refractivity contribution in [2.75, 3.05) is 4.90 Å². The maximum absolute atomic E-state index is 2.59. The van der Waals surface area contributed by atoms with Gasteiger partial charge < -0.3 is 9.47 Å². The quantitative estimate of drug-likeness (QED) is 0.178. The van der Waals surface area contributed by atoms with Gasteiger partial charge in [0.2, 0.25) is 0 Å². The summed E-state index contributed by atoms with van der Waals surface area (Å²) in [5, 5.41) is 2.57. The lowest BCUT2D eigenvalue weighted by molar-refractivity contribution is 0.327.